The molecular formula is C16H22N4O2. The second-order valence-electron chi connectivity index (χ2n) is 6.26. The molecule has 0 bridgehead atoms. The summed E-state index contributed by atoms with van der Waals surface area (Å²) in [6.07, 6.45) is 2.46. The van der Waals surface area contributed by atoms with Gasteiger partial charge in [-0.25, -0.2) is 0 Å². The van der Waals surface area contributed by atoms with E-state index in [0.717, 1.165) is 18.7 Å². The van der Waals surface area contributed by atoms with E-state index < -0.39 is 0 Å². The molecule has 0 aromatic carbocycles. The van der Waals surface area contributed by atoms with E-state index in [9.17, 15) is 9.59 Å². The predicted octanol–water partition coefficient (Wildman–Crippen LogP) is 0.281. The van der Waals surface area contributed by atoms with Crippen LogP contribution in [0.2, 0.25) is 0 Å². The molecule has 6 nitrogen and oxygen atoms in total. The van der Waals surface area contributed by atoms with Crippen LogP contribution < -0.4 is 5.32 Å². The highest BCUT2D eigenvalue weighted by Gasteiger charge is 2.47. The first-order valence-corrected chi connectivity index (χ1v) is 7.66. The van der Waals surface area contributed by atoms with E-state index in [-0.39, 0.29) is 23.9 Å². The van der Waals surface area contributed by atoms with Gasteiger partial charge in [-0.05, 0) is 38.4 Å². The van der Waals surface area contributed by atoms with Gasteiger partial charge in [0.05, 0.1) is 11.6 Å². The fraction of sp³-hybridized carbons (Fsp3) is 0.562. The molecule has 0 unspecified atom stereocenters. The lowest BCUT2D eigenvalue weighted by molar-refractivity contribution is -0.125. The van der Waals surface area contributed by atoms with Crippen LogP contribution in [0.1, 0.15) is 22.5 Å². The van der Waals surface area contributed by atoms with Crippen molar-refractivity contribution in [1.82, 2.24) is 20.1 Å². The van der Waals surface area contributed by atoms with E-state index in [1.54, 1.807) is 13.2 Å². The third kappa shape index (κ3) is 2.47. The predicted molar refractivity (Wildman–Crippen MR) is 82.4 cm³/mol. The summed E-state index contributed by atoms with van der Waals surface area (Å²) in [7, 11) is 3.65. The zero-order chi connectivity index (χ0) is 15.9. The number of pyridine rings is 1. The number of likely N-dealkylation sites (N-methyl/N-ethyl adjacent to an activating group) is 2. The Morgan fingerprint density at radius 1 is 1.32 bits per heavy atom. The minimum atomic E-state index is -0.0710. The monoisotopic (exact) mass is 302 g/mol. The van der Waals surface area contributed by atoms with E-state index in [1.807, 2.05) is 31.0 Å². The van der Waals surface area contributed by atoms with Crippen molar-refractivity contribution in [3.8, 4) is 0 Å². The number of carbonyl (C=O) groups excluding carboxylic acids is 2. The van der Waals surface area contributed by atoms with E-state index in [0.29, 0.717) is 18.0 Å². The number of fused-ring (bicyclic) bond motifs is 1. The van der Waals surface area contributed by atoms with Gasteiger partial charge in [-0.15, -0.1) is 0 Å². The summed E-state index contributed by atoms with van der Waals surface area (Å²) in [6, 6.07) is 3.89. The van der Waals surface area contributed by atoms with Crippen LogP contribution in [0.4, 0.5) is 0 Å². The van der Waals surface area contributed by atoms with Crippen molar-refractivity contribution in [2.24, 2.45) is 5.92 Å². The second-order valence-corrected chi connectivity index (χ2v) is 6.26. The van der Waals surface area contributed by atoms with Crippen molar-refractivity contribution in [2.75, 3.05) is 27.2 Å². The van der Waals surface area contributed by atoms with Crippen molar-refractivity contribution >= 4 is 11.8 Å². The first kappa shape index (κ1) is 15.0. The molecule has 3 heterocycles. The number of aryl methyl sites for hydroxylation is 1. The third-order valence-corrected chi connectivity index (χ3v) is 4.94. The van der Waals surface area contributed by atoms with Gasteiger partial charge in [0.15, 0.2) is 0 Å². The molecule has 2 amide bonds. The molecule has 6 heteroatoms. The van der Waals surface area contributed by atoms with Gasteiger partial charge >= 0.3 is 0 Å². The Kier molecular flexibility index (Phi) is 3.87. The molecule has 2 aliphatic heterocycles. The number of carbonyl (C=O) groups is 2. The van der Waals surface area contributed by atoms with Gasteiger partial charge in [-0.3, -0.25) is 19.5 Å². The van der Waals surface area contributed by atoms with E-state index in [1.165, 1.54) is 0 Å². The number of amides is 2. The Labute approximate surface area is 130 Å². The number of hydrogen-bond acceptors (Lipinski definition) is 4. The summed E-state index contributed by atoms with van der Waals surface area (Å²) < 4.78 is 0. The zero-order valence-electron chi connectivity index (χ0n) is 13.2. The van der Waals surface area contributed by atoms with Crippen molar-refractivity contribution in [2.45, 2.75) is 25.4 Å². The molecule has 3 rings (SSSR count). The van der Waals surface area contributed by atoms with Crippen LogP contribution in [0.15, 0.2) is 18.3 Å². The Hall–Kier alpha value is -1.95. The van der Waals surface area contributed by atoms with Crippen molar-refractivity contribution in [3.63, 3.8) is 0 Å². The molecule has 2 aliphatic rings. The number of hydrogen-bond donors (Lipinski definition) is 1. The minimum absolute atomic E-state index is 0.0341. The molecule has 1 aromatic rings. The van der Waals surface area contributed by atoms with Crippen molar-refractivity contribution < 1.29 is 9.59 Å². The number of rotatable bonds is 2. The number of aromatic nitrogens is 1. The SMILES string of the molecule is CNC(=O)[C@@H]1C[C@H]2CN(C(=O)c3ccc(C)nc3)C[C@H]2N1C. The van der Waals surface area contributed by atoms with Gasteiger partial charge in [0.25, 0.3) is 5.91 Å². The Morgan fingerprint density at radius 2 is 2.09 bits per heavy atom. The molecule has 3 atom stereocenters. The Morgan fingerprint density at radius 3 is 2.68 bits per heavy atom. The number of nitrogens with zero attached hydrogens (tertiary/aromatic N) is 3. The highest BCUT2D eigenvalue weighted by atomic mass is 16.2. The summed E-state index contributed by atoms with van der Waals surface area (Å²) in [5, 5.41) is 2.72. The van der Waals surface area contributed by atoms with Crippen LogP contribution in [-0.4, -0.2) is 65.9 Å². The van der Waals surface area contributed by atoms with Gasteiger partial charge in [-0.2, -0.15) is 0 Å². The molecule has 0 aliphatic carbocycles. The summed E-state index contributed by atoms with van der Waals surface area (Å²) in [6.45, 7) is 3.30. The average molecular weight is 302 g/mol. The zero-order valence-corrected chi connectivity index (χ0v) is 13.2. The summed E-state index contributed by atoms with van der Waals surface area (Å²) in [5.74, 6) is 0.471. The fourth-order valence-electron chi connectivity index (χ4n) is 3.63. The van der Waals surface area contributed by atoms with Gasteiger partial charge < -0.3 is 10.2 Å². The number of nitrogens with one attached hydrogen (secondary N) is 1. The average Bonchev–Trinajstić information content (AvgIpc) is 3.06. The lowest BCUT2D eigenvalue weighted by Gasteiger charge is -2.25. The molecule has 22 heavy (non-hydrogen) atoms. The van der Waals surface area contributed by atoms with Gasteiger partial charge in [0.1, 0.15) is 0 Å². The Balaban J connectivity index is 1.68. The Bertz CT molecular complexity index is 586. The highest BCUT2D eigenvalue weighted by molar-refractivity contribution is 5.94. The molecule has 0 radical (unpaired) electrons. The van der Waals surface area contributed by atoms with Crippen LogP contribution in [0.3, 0.4) is 0 Å². The van der Waals surface area contributed by atoms with E-state index in [2.05, 4.69) is 15.2 Å². The molecule has 2 fully saturated rings. The summed E-state index contributed by atoms with van der Waals surface area (Å²) in [4.78, 5) is 32.6. The molecule has 1 aromatic heterocycles. The highest BCUT2D eigenvalue weighted by Crippen LogP contribution is 2.35. The molecular weight excluding hydrogens is 280 g/mol. The summed E-state index contributed by atoms with van der Waals surface area (Å²) >= 11 is 0. The molecule has 2 saturated heterocycles. The molecule has 0 spiro atoms. The second kappa shape index (κ2) is 5.68. The summed E-state index contributed by atoms with van der Waals surface area (Å²) in [5.41, 5.74) is 1.54. The smallest absolute Gasteiger partial charge is 0.255 e. The maximum absolute atomic E-state index is 12.6. The minimum Gasteiger partial charge on any atom is -0.358 e. The number of likely N-dealkylation sites (tertiary alicyclic amines) is 2. The molecule has 0 saturated carbocycles. The topological polar surface area (TPSA) is 65.5 Å². The lowest BCUT2D eigenvalue weighted by atomic mass is 10.0. The van der Waals surface area contributed by atoms with Gasteiger partial charge in [0.2, 0.25) is 5.91 Å². The largest absolute Gasteiger partial charge is 0.358 e. The van der Waals surface area contributed by atoms with Crippen molar-refractivity contribution in [3.05, 3.63) is 29.6 Å². The molecule has 118 valence electrons. The third-order valence-electron chi connectivity index (χ3n) is 4.94. The van der Waals surface area contributed by atoms with Crippen LogP contribution in [-0.2, 0) is 4.79 Å². The first-order valence-electron chi connectivity index (χ1n) is 7.66. The van der Waals surface area contributed by atoms with Crippen molar-refractivity contribution in [1.29, 1.82) is 0 Å². The maximum atomic E-state index is 12.6. The fourth-order valence-corrected chi connectivity index (χ4v) is 3.63. The van der Waals surface area contributed by atoms with Crippen LogP contribution in [0, 0.1) is 12.8 Å². The lowest BCUT2D eigenvalue weighted by Crippen LogP contribution is -2.45. The van der Waals surface area contributed by atoms with Crippen LogP contribution >= 0.6 is 0 Å². The van der Waals surface area contributed by atoms with E-state index >= 15 is 0 Å². The normalized spacial score (nSPS) is 27.8. The van der Waals surface area contributed by atoms with Crippen LogP contribution in [0.5, 0.6) is 0 Å². The van der Waals surface area contributed by atoms with E-state index in [4.69, 9.17) is 0 Å². The van der Waals surface area contributed by atoms with Gasteiger partial charge in [0, 0.05) is 38.1 Å². The van der Waals surface area contributed by atoms with Crippen LogP contribution in [0.25, 0.3) is 0 Å². The quantitative estimate of drug-likeness (QED) is 0.852. The van der Waals surface area contributed by atoms with Gasteiger partial charge in [-0.1, -0.05) is 0 Å². The first-order chi connectivity index (χ1) is 10.5. The maximum Gasteiger partial charge on any atom is 0.255 e. The molecule has 1 N–H and O–H groups in total. The standard InChI is InChI=1S/C16H22N4O2/c1-10-4-5-11(7-18-10)16(22)20-8-12-6-13(15(21)17-2)19(3)14(12)9-20/h4-5,7,12-14H,6,8-9H2,1-3H3,(H,17,21)/t12-,13-,14+/m0/s1.